The van der Waals surface area contributed by atoms with E-state index in [1.165, 1.54) is 11.3 Å². The first-order valence-electron chi connectivity index (χ1n) is 8.22. The zero-order valence-corrected chi connectivity index (χ0v) is 13.9. The second-order valence-corrected chi connectivity index (χ2v) is 6.23. The summed E-state index contributed by atoms with van der Waals surface area (Å²) >= 11 is 0. The highest BCUT2D eigenvalue weighted by molar-refractivity contribution is 5.89. The quantitative estimate of drug-likeness (QED) is 0.679. The first-order valence-corrected chi connectivity index (χ1v) is 8.22. The van der Waals surface area contributed by atoms with E-state index in [9.17, 15) is 4.79 Å². The van der Waals surface area contributed by atoms with Gasteiger partial charge in [0.2, 0.25) is 0 Å². The molecule has 0 bridgehead atoms. The van der Waals surface area contributed by atoms with Crippen molar-refractivity contribution in [2.45, 2.75) is 25.3 Å². The summed E-state index contributed by atoms with van der Waals surface area (Å²) in [5, 5.41) is 17.2. The van der Waals surface area contributed by atoms with Gasteiger partial charge in [-0.1, -0.05) is 0 Å². The topological polar surface area (TPSA) is 101 Å². The molecule has 0 spiro atoms. The summed E-state index contributed by atoms with van der Waals surface area (Å²) in [7, 11) is 1.83. The minimum Gasteiger partial charge on any atom is -0.335 e. The molecule has 0 unspecified atom stereocenters. The number of urea groups is 1. The summed E-state index contributed by atoms with van der Waals surface area (Å²) in [6.45, 7) is 0. The van der Waals surface area contributed by atoms with E-state index in [1.54, 1.807) is 11.0 Å². The van der Waals surface area contributed by atoms with Crippen molar-refractivity contribution in [3.05, 3.63) is 48.0 Å². The van der Waals surface area contributed by atoms with Crippen molar-refractivity contribution in [2.75, 3.05) is 5.32 Å². The van der Waals surface area contributed by atoms with E-state index in [0.717, 1.165) is 30.5 Å². The summed E-state index contributed by atoms with van der Waals surface area (Å²) in [6, 6.07) is 7.41. The molecule has 2 amide bonds. The molecule has 0 radical (unpaired) electrons. The first-order chi connectivity index (χ1) is 12.2. The Kier molecular flexibility index (Phi) is 3.93. The largest absolute Gasteiger partial charge is 0.335 e. The van der Waals surface area contributed by atoms with E-state index >= 15 is 0 Å². The van der Waals surface area contributed by atoms with Crippen LogP contribution in [0, 0.1) is 0 Å². The Morgan fingerprint density at radius 1 is 1.32 bits per heavy atom. The molecule has 2 heterocycles. The predicted molar refractivity (Wildman–Crippen MR) is 93.0 cm³/mol. The van der Waals surface area contributed by atoms with Crippen LogP contribution in [-0.4, -0.2) is 37.0 Å². The molecule has 4 rings (SSSR count). The van der Waals surface area contributed by atoms with Crippen molar-refractivity contribution in [3.63, 3.8) is 0 Å². The Bertz CT molecular complexity index is 881. The average molecular weight is 337 g/mol. The van der Waals surface area contributed by atoms with Crippen LogP contribution in [0.4, 0.5) is 10.5 Å². The fourth-order valence-electron chi connectivity index (χ4n) is 3.07. The fraction of sp³-hybridized carbons (Fsp3) is 0.294. The Balaban J connectivity index is 1.35. The number of nitrogens with one attached hydrogen (secondary N) is 3. The molecule has 1 aliphatic rings. The van der Waals surface area contributed by atoms with E-state index in [0.29, 0.717) is 5.82 Å². The minimum atomic E-state index is -0.194. The molecular formula is C17H19N7O. The van der Waals surface area contributed by atoms with Gasteiger partial charge in [0, 0.05) is 30.0 Å². The van der Waals surface area contributed by atoms with Crippen molar-refractivity contribution >= 4 is 11.7 Å². The lowest BCUT2D eigenvalue weighted by molar-refractivity contribution is 0.247. The number of anilines is 1. The predicted octanol–water partition coefficient (Wildman–Crippen LogP) is 1.88. The van der Waals surface area contributed by atoms with Crippen LogP contribution < -0.4 is 10.6 Å². The fourth-order valence-corrected chi connectivity index (χ4v) is 3.07. The third kappa shape index (κ3) is 3.37. The van der Waals surface area contributed by atoms with Gasteiger partial charge in [-0.05, 0) is 49.1 Å². The van der Waals surface area contributed by atoms with Gasteiger partial charge in [-0.2, -0.15) is 10.2 Å². The molecule has 0 saturated heterocycles. The second-order valence-electron chi connectivity index (χ2n) is 6.23. The maximum atomic E-state index is 12.2. The molecule has 0 fully saturated rings. The van der Waals surface area contributed by atoms with E-state index in [1.807, 2.05) is 37.5 Å². The summed E-state index contributed by atoms with van der Waals surface area (Å²) in [6.07, 6.45) is 6.12. The summed E-state index contributed by atoms with van der Waals surface area (Å²) in [4.78, 5) is 16.4. The van der Waals surface area contributed by atoms with Crippen molar-refractivity contribution in [1.29, 1.82) is 0 Å². The lowest BCUT2D eigenvalue weighted by Gasteiger charge is -2.23. The number of amides is 2. The number of nitrogens with zero attached hydrogens (tertiary/aromatic N) is 4. The summed E-state index contributed by atoms with van der Waals surface area (Å²) < 4.78 is 1.66. The van der Waals surface area contributed by atoms with Crippen LogP contribution in [0.1, 0.15) is 17.7 Å². The Hall–Kier alpha value is -3.16. The van der Waals surface area contributed by atoms with Gasteiger partial charge in [-0.25, -0.2) is 9.78 Å². The number of aromatic amines is 1. The average Bonchev–Trinajstić information content (AvgIpc) is 3.24. The maximum Gasteiger partial charge on any atom is 0.319 e. The smallest absolute Gasteiger partial charge is 0.319 e. The monoisotopic (exact) mass is 337 g/mol. The normalized spacial score (nSPS) is 16.3. The van der Waals surface area contributed by atoms with Gasteiger partial charge in [0.15, 0.2) is 5.82 Å². The molecule has 8 heteroatoms. The molecule has 3 N–H and O–H groups in total. The van der Waals surface area contributed by atoms with Gasteiger partial charge in [0.05, 0.1) is 6.20 Å². The molecule has 1 atom stereocenters. The van der Waals surface area contributed by atoms with Gasteiger partial charge in [0.25, 0.3) is 0 Å². The molecule has 3 aromatic rings. The SMILES string of the molecule is Cn1cnc(-c2ccc(NC(=O)N[C@H]3CCc4[nH]ncc4C3)cc2)n1. The molecule has 0 aliphatic heterocycles. The number of aromatic nitrogens is 5. The van der Waals surface area contributed by atoms with Gasteiger partial charge >= 0.3 is 6.03 Å². The maximum absolute atomic E-state index is 12.2. The Morgan fingerprint density at radius 2 is 2.16 bits per heavy atom. The van der Waals surface area contributed by atoms with Gasteiger partial charge in [-0.15, -0.1) is 0 Å². The number of hydrogen-bond acceptors (Lipinski definition) is 4. The highest BCUT2D eigenvalue weighted by atomic mass is 16.2. The number of fused-ring (bicyclic) bond motifs is 1. The standard InChI is InChI=1S/C17H19N7O/c1-24-10-18-16(23-24)11-2-4-13(5-3-11)20-17(25)21-14-6-7-15-12(8-14)9-19-22-15/h2-5,9-10,14H,6-8H2,1H3,(H,19,22)(H2,20,21,25)/t14-/m0/s1. The zero-order valence-electron chi connectivity index (χ0n) is 13.9. The van der Waals surface area contributed by atoms with E-state index in [2.05, 4.69) is 30.9 Å². The van der Waals surface area contributed by atoms with Crippen LogP contribution in [0.15, 0.2) is 36.8 Å². The Labute approximate surface area is 144 Å². The van der Waals surface area contributed by atoms with Crippen molar-refractivity contribution < 1.29 is 4.79 Å². The number of rotatable bonds is 3. The van der Waals surface area contributed by atoms with Crippen molar-refractivity contribution in [1.82, 2.24) is 30.3 Å². The summed E-state index contributed by atoms with van der Waals surface area (Å²) in [5.74, 6) is 0.664. The second kappa shape index (κ2) is 6.39. The van der Waals surface area contributed by atoms with Crippen LogP contribution in [0.25, 0.3) is 11.4 Å². The minimum absolute atomic E-state index is 0.127. The molecular weight excluding hydrogens is 318 g/mol. The van der Waals surface area contributed by atoms with Crippen LogP contribution in [-0.2, 0) is 19.9 Å². The molecule has 0 saturated carbocycles. The number of H-pyrrole nitrogens is 1. The molecule has 2 aromatic heterocycles. The molecule has 128 valence electrons. The van der Waals surface area contributed by atoms with Crippen molar-refractivity contribution in [2.24, 2.45) is 7.05 Å². The molecule has 25 heavy (non-hydrogen) atoms. The molecule has 1 aliphatic carbocycles. The van der Waals surface area contributed by atoms with Crippen LogP contribution in [0.2, 0.25) is 0 Å². The van der Waals surface area contributed by atoms with Gasteiger partial charge < -0.3 is 10.6 Å². The number of carbonyl (C=O) groups is 1. The summed E-state index contributed by atoms with van der Waals surface area (Å²) in [5.41, 5.74) is 4.00. The first kappa shape index (κ1) is 15.4. The third-order valence-corrected chi connectivity index (χ3v) is 4.35. The van der Waals surface area contributed by atoms with Gasteiger partial charge in [-0.3, -0.25) is 9.78 Å². The Morgan fingerprint density at radius 3 is 2.92 bits per heavy atom. The highest BCUT2D eigenvalue weighted by Crippen LogP contribution is 2.20. The molecule has 8 nitrogen and oxygen atoms in total. The van der Waals surface area contributed by atoms with Crippen LogP contribution in [0.5, 0.6) is 0 Å². The number of benzene rings is 1. The zero-order chi connectivity index (χ0) is 17.2. The van der Waals surface area contributed by atoms with Crippen molar-refractivity contribution in [3.8, 4) is 11.4 Å². The number of hydrogen-bond donors (Lipinski definition) is 3. The van der Waals surface area contributed by atoms with E-state index < -0.39 is 0 Å². The lowest BCUT2D eigenvalue weighted by Crippen LogP contribution is -2.41. The number of carbonyl (C=O) groups excluding carboxylic acids is 1. The third-order valence-electron chi connectivity index (χ3n) is 4.35. The number of aryl methyl sites for hydroxylation is 2. The highest BCUT2D eigenvalue weighted by Gasteiger charge is 2.21. The van der Waals surface area contributed by atoms with Crippen LogP contribution in [0.3, 0.4) is 0 Å². The molecule has 1 aromatic carbocycles. The van der Waals surface area contributed by atoms with E-state index in [4.69, 9.17) is 0 Å². The lowest BCUT2D eigenvalue weighted by atomic mass is 9.94. The van der Waals surface area contributed by atoms with E-state index in [-0.39, 0.29) is 12.1 Å². The van der Waals surface area contributed by atoms with Crippen LogP contribution >= 0.6 is 0 Å². The van der Waals surface area contributed by atoms with Gasteiger partial charge in [0.1, 0.15) is 6.33 Å².